The summed E-state index contributed by atoms with van der Waals surface area (Å²) >= 11 is 0. The minimum atomic E-state index is -3.63. The molecule has 2 aromatic rings. The summed E-state index contributed by atoms with van der Waals surface area (Å²) in [4.78, 5) is 12.2. The van der Waals surface area contributed by atoms with Gasteiger partial charge in [-0.25, -0.2) is 12.8 Å². The fraction of sp³-hybridized carbons (Fsp3) is 0.381. The molecule has 28 heavy (non-hydrogen) atoms. The normalized spacial score (nSPS) is 14.5. The Hall–Kier alpha value is -2.41. The summed E-state index contributed by atoms with van der Waals surface area (Å²) in [6.07, 6.45) is 7.66. The first-order valence-electron chi connectivity index (χ1n) is 9.41. The first-order chi connectivity index (χ1) is 13.4. The van der Waals surface area contributed by atoms with E-state index in [4.69, 9.17) is 4.42 Å². The van der Waals surface area contributed by atoms with Crippen LogP contribution in [0.5, 0.6) is 0 Å². The van der Waals surface area contributed by atoms with Gasteiger partial charge in [0.15, 0.2) is 15.6 Å². The number of sulfone groups is 1. The first-order valence-corrected chi connectivity index (χ1v) is 11.2. The SMILES string of the molecule is O=C(NCCC1=CCCCC1)c1ccc(CS(=O)(=O)Cc2ccccc2F)o1. The molecule has 1 heterocycles. The van der Waals surface area contributed by atoms with E-state index in [0.29, 0.717) is 6.54 Å². The van der Waals surface area contributed by atoms with Crippen molar-refractivity contribution in [1.82, 2.24) is 5.32 Å². The number of amides is 1. The third-order valence-corrected chi connectivity index (χ3v) is 6.17. The van der Waals surface area contributed by atoms with Crippen molar-refractivity contribution >= 4 is 15.7 Å². The van der Waals surface area contributed by atoms with Crippen molar-refractivity contribution in [3.05, 3.63) is 70.9 Å². The number of hydrogen-bond donors (Lipinski definition) is 1. The van der Waals surface area contributed by atoms with Crippen LogP contribution in [0.4, 0.5) is 4.39 Å². The third kappa shape index (κ3) is 5.79. The molecule has 0 aliphatic heterocycles. The maximum Gasteiger partial charge on any atom is 0.287 e. The van der Waals surface area contributed by atoms with E-state index in [1.165, 1.54) is 48.7 Å². The summed E-state index contributed by atoms with van der Waals surface area (Å²) in [5.41, 5.74) is 1.48. The molecule has 0 saturated carbocycles. The Bertz CT molecular complexity index is 962. The van der Waals surface area contributed by atoms with E-state index in [9.17, 15) is 17.6 Å². The Labute approximate surface area is 164 Å². The maximum atomic E-state index is 13.7. The molecule has 1 aromatic carbocycles. The zero-order chi connectivity index (χ0) is 20.0. The Morgan fingerprint density at radius 1 is 1.11 bits per heavy atom. The van der Waals surface area contributed by atoms with Crippen LogP contribution in [0.25, 0.3) is 0 Å². The van der Waals surface area contributed by atoms with Crippen molar-refractivity contribution in [1.29, 1.82) is 0 Å². The molecule has 0 radical (unpaired) electrons. The van der Waals surface area contributed by atoms with Gasteiger partial charge in [-0.15, -0.1) is 0 Å². The Balaban J connectivity index is 1.53. The van der Waals surface area contributed by atoms with Gasteiger partial charge in [-0.2, -0.15) is 0 Å². The van der Waals surface area contributed by atoms with Crippen molar-refractivity contribution in [2.45, 2.75) is 43.6 Å². The largest absolute Gasteiger partial charge is 0.455 e. The molecule has 1 aromatic heterocycles. The number of benzene rings is 1. The summed E-state index contributed by atoms with van der Waals surface area (Å²) in [5, 5.41) is 2.80. The topological polar surface area (TPSA) is 76.4 Å². The highest BCUT2D eigenvalue weighted by molar-refractivity contribution is 7.89. The highest BCUT2D eigenvalue weighted by Crippen LogP contribution is 2.20. The lowest BCUT2D eigenvalue weighted by molar-refractivity contribution is 0.0925. The van der Waals surface area contributed by atoms with Gasteiger partial charge in [0.25, 0.3) is 5.91 Å². The van der Waals surface area contributed by atoms with Crippen molar-refractivity contribution in [2.75, 3.05) is 6.54 Å². The number of nitrogens with one attached hydrogen (secondary N) is 1. The van der Waals surface area contributed by atoms with E-state index in [2.05, 4.69) is 11.4 Å². The van der Waals surface area contributed by atoms with Gasteiger partial charge in [0.2, 0.25) is 0 Å². The van der Waals surface area contributed by atoms with Crippen LogP contribution in [-0.4, -0.2) is 20.9 Å². The van der Waals surface area contributed by atoms with Crippen molar-refractivity contribution < 1.29 is 22.0 Å². The first kappa shape index (κ1) is 20.3. The molecule has 1 N–H and O–H groups in total. The molecule has 0 spiro atoms. The van der Waals surface area contributed by atoms with E-state index < -0.39 is 21.4 Å². The number of halogens is 1. The van der Waals surface area contributed by atoms with E-state index >= 15 is 0 Å². The summed E-state index contributed by atoms with van der Waals surface area (Å²) in [5.74, 6) is -1.49. The summed E-state index contributed by atoms with van der Waals surface area (Å²) in [6, 6.07) is 8.69. The highest BCUT2D eigenvalue weighted by atomic mass is 32.2. The second-order valence-electron chi connectivity index (χ2n) is 7.00. The smallest absolute Gasteiger partial charge is 0.287 e. The average Bonchev–Trinajstić information content (AvgIpc) is 3.12. The minimum absolute atomic E-state index is 0.0775. The van der Waals surface area contributed by atoms with Crippen LogP contribution >= 0.6 is 0 Å². The molecule has 5 nitrogen and oxygen atoms in total. The van der Waals surface area contributed by atoms with Crippen molar-refractivity contribution in [3.8, 4) is 0 Å². The van der Waals surface area contributed by atoms with Gasteiger partial charge in [-0.05, 0) is 50.3 Å². The highest BCUT2D eigenvalue weighted by Gasteiger charge is 2.19. The lowest BCUT2D eigenvalue weighted by atomic mass is 9.97. The minimum Gasteiger partial charge on any atom is -0.455 e. The van der Waals surface area contributed by atoms with Crippen LogP contribution < -0.4 is 5.32 Å². The number of rotatable bonds is 8. The maximum absolute atomic E-state index is 13.7. The molecule has 0 unspecified atom stereocenters. The Morgan fingerprint density at radius 3 is 2.68 bits per heavy atom. The van der Waals surface area contributed by atoms with E-state index in [1.54, 1.807) is 6.07 Å². The molecular formula is C21H24FNO4S. The fourth-order valence-electron chi connectivity index (χ4n) is 3.25. The number of allylic oxidation sites excluding steroid dienone is 1. The Morgan fingerprint density at radius 2 is 1.93 bits per heavy atom. The van der Waals surface area contributed by atoms with Gasteiger partial charge < -0.3 is 9.73 Å². The molecule has 1 aliphatic rings. The van der Waals surface area contributed by atoms with Gasteiger partial charge in [0.05, 0.1) is 5.75 Å². The molecule has 1 aliphatic carbocycles. The van der Waals surface area contributed by atoms with Gasteiger partial charge in [0, 0.05) is 12.1 Å². The number of furan rings is 1. The lowest BCUT2D eigenvalue weighted by Gasteiger charge is -2.12. The zero-order valence-corrected chi connectivity index (χ0v) is 16.4. The number of hydrogen-bond acceptors (Lipinski definition) is 4. The van der Waals surface area contributed by atoms with Gasteiger partial charge >= 0.3 is 0 Å². The number of carbonyl (C=O) groups is 1. The van der Waals surface area contributed by atoms with Gasteiger partial charge in [-0.3, -0.25) is 4.79 Å². The summed E-state index contributed by atoms with van der Waals surface area (Å²) in [6.45, 7) is 0.520. The van der Waals surface area contributed by atoms with Crippen LogP contribution in [0, 0.1) is 5.82 Å². The fourth-order valence-corrected chi connectivity index (χ4v) is 4.65. The predicted molar refractivity (Wildman–Crippen MR) is 105 cm³/mol. The number of carbonyl (C=O) groups excluding carboxylic acids is 1. The van der Waals surface area contributed by atoms with Crippen LogP contribution in [0.3, 0.4) is 0 Å². The van der Waals surface area contributed by atoms with E-state index in [1.807, 2.05) is 0 Å². The van der Waals surface area contributed by atoms with Crippen LogP contribution in [0.1, 0.15) is 54.0 Å². The quantitative estimate of drug-likeness (QED) is 0.669. The molecule has 0 atom stereocenters. The average molecular weight is 405 g/mol. The molecule has 0 bridgehead atoms. The zero-order valence-electron chi connectivity index (χ0n) is 15.6. The summed E-state index contributed by atoms with van der Waals surface area (Å²) in [7, 11) is -3.63. The van der Waals surface area contributed by atoms with Gasteiger partial charge in [0.1, 0.15) is 17.3 Å². The molecule has 7 heteroatoms. The van der Waals surface area contributed by atoms with Gasteiger partial charge in [-0.1, -0.05) is 29.8 Å². The lowest BCUT2D eigenvalue weighted by Crippen LogP contribution is -2.24. The molecule has 150 valence electrons. The molecule has 0 saturated heterocycles. The molecular weight excluding hydrogens is 381 g/mol. The third-order valence-electron chi connectivity index (χ3n) is 4.70. The second-order valence-corrected chi connectivity index (χ2v) is 9.07. The predicted octanol–water partition coefficient (Wildman–Crippen LogP) is 4.15. The van der Waals surface area contributed by atoms with Crippen LogP contribution in [-0.2, 0) is 21.3 Å². The molecule has 0 fully saturated rings. The monoisotopic (exact) mass is 405 g/mol. The summed E-state index contributed by atoms with van der Waals surface area (Å²) < 4.78 is 43.7. The van der Waals surface area contributed by atoms with Crippen LogP contribution in [0.15, 0.2) is 52.5 Å². The van der Waals surface area contributed by atoms with E-state index in [0.717, 1.165) is 19.3 Å². The molecule has 1 amide bonds. The van der Waals surface area contributed by atoms with E-state index in [-0.39, 0.29) is 28.7 Å². The molecule has 3 rings (SSSR count). The van der Waals surface area contributed by atoms with Crippen LogP contribution in [0.2, 0.25) is 0 Å². The second kappa shape index (κ2) is 9.19. The van der Waals surface area contributed by atoms with Crippen molar-refractivity contribution in [3.63, 3.8) is 0 Å². The standard InChI is InChI=1S/C21H24FNO4S/c22-19-9-5-4-8-17(19)14-28(25,26)15-18-10-11-20(27-18)21(24)23-13-12-16-6-2-1-3-7-16/h4-6,8-11H,1-3,7,12-15H2,(H,23,24). The Kier molecular flexibility index (Phi) is 6.67. The van der Waals surface area contributed by atoms with Crippen molar-refractivity contribution in [2.24, 2.45) is 0 Å².